The van der Waals surface area contributed by atoms with Crippen LogP contribution in [0.2, 0.25) is 0 Å². The van der Waals surface area contributed by atoms with Crippen molar-refractivity contribution in [2.75, 3.05) is 20.3 Å². The molecule has 7 heteroatoms. The molecular formula is C17H17N3O4. The SMILES string of the molecule is CN(Cc1ccc2c(c1)OCCO2)Cc1nnc(-c2ccco2)o1. The highest BCUT2D eigenvalue weighted by molar-refractivity contribution is 5.44. The van der Waals surface area contributed by atoms with E-state index in [0.29, 0.717) is 37.3 Å². The number of rotatable bonds is 5. The van der Waals surface area contributed by atoms with Gasteiger partial charge < -0.3 is 18.3 Å². The third-order valence-electron chi connectivity index (χ3n) is 3.66. The summed E-state index contributed by atoms with van der Waals surface area (Å²) in [6.07, 6.45) is 1.58. The zero-order valence-corrected chi connectivity index (χ0v) is 13.3. The normalized spacial score (nSPS) is 13.4. The van der Waals surface area contributed by atoms with E-state index in [1.165, 1.54) is 0 Å². The lowest BCUT2D eigenvalue weighted by Gasteiger charge is -2.20. The molecule has 4 rings (SSSR count). The average Bonchev–Trinajstić information content (AvgIpc) is 3.26. The molecule has 0 atom stereocenters. The van der Waals surface area contributed by atoms with Gasteiger partial charge in [-0.3, -0.25) is 4.90 Å². The lowest BCUT2D eigenvalue weighted by Crippen LogP contribution is -2.18. The van der Waals surface area contributed by atoms with Crippen LogP contribution in [0.15, 0.2) is 45.4 Å². The highest BCUT2D eigenvalue weighted by Crippen LogP contribution is 2.31. The summed E-state index contributed by atoms with van der Waals surface area (Å²) in [6.45, 7) is 2.46. The Balaban J connectivity index is 1.41. The first kappa shape index (κ1) is 14.8. The van der Waals surface area contributed by atoms with Crippen molar-refractivity contribution in [3.63, 3.8) is 0 Å². The first-order chi connectivity index (χ1) is 11.8. The molecule has 0 spiro atoms. The monoisotopic (exact) mass is 327 g/mol. The van der Waals surface area contributed by atoms with Gasteiger partial charge in [-0.25, -0.2) is 0 Å². The van der Waals surface area contributed by atoms with Crippen molar-refractivity contribution in [1.29, 1.82) is 0 Å². The van der Waals surface area contributed by atoms with Crippen molar-refractivity contribution < 1.29 is 18.3 Å². The van der Waals surface area contributed by atoms with Crippen molar-refractivity contribution in [3.05, 3.63) is 48.0 Å². The molecule has 3 heterocycles. The fourth-order valence-electron chi connectivity index (χ4n) is 2.60. The van der Waals surface area contributed by atoms with Gasteiger partial charge in [-0.1, -0.05) is 6.07 Å². The summed E-state index contributed by atoms with van der Waals surface area (Å²) in [4.78, 5) is 2.09. The smallest absolute Gasteiger partial charge is 0.283 e. The second-order valence-corrected chi connectivity index (χ2v) is 5.63. The summed E-state index contributed by atoms with van der Waals surface area (Å²) >= 11 is 0. The van der Waals surface area contributed by atoms with Crippen LogP contribution in [0.25, 0.3) is 11.7 Å². The van der Waals surface area contributed by atoms with Crippen molar-refractivity contribution in [3.8, 4) is 23.1 Å². The number of hydrogen-bond donors (Lipinski definition) is 0. The second-order valence-electron chi connectivity index (χ2n) is 5.63. The van der Waals surface area contributed by atoms with Gasteiger partial charge in [0, 0.05) is 6.54 Å². The maximum atomic E-state index is 5.62. The topological polar surface area (TPSA) is 73.8 Å². The predicted molar refractivity (Wildman–Crippen MR) is 84.6 cm³/mol. The summed E-state index contributed by atoms with van der Waals surface area (Å²) < 4.78 is 22.0. The summed E-state index contributed by atoms with van der Waals surface area (Å²) in [5, 5.41) is 8.06. The Bertz CT molecular complexity index is 813. The molecular weight excluding hydrogens is 310 g/mol. The van der Waals surface area contributed by atoms with E-state index in [4.69, 9.17) is 18.3 Å². The van der Waals surface area contributed by atoms with Crippen LogP contribution in [0.4, 0.5) is 0 Å². The molecule has 1 aliphatic heterocycles. The Kier molecular flexibility index (Phi) is 3.92. The van der Waals surface area contributed by atoms with E-state index in [1.54, 1.807) is 18.4 Å². The van der Waals surface area contributed by atoms with E-state index < -0.39 is 0 Å². The molecule has 24 heavy (non-hydrogen) atoms. The van der Waals surface area contributed by atoms with Crippen molar-refractivity contribution >= 4 is 0 Å². The predicted octanol–water partition coefficient (Wildman–Crippen LogP) is 2.73. The standard InChI is InChI=1S/C17H17N3O4/c1-20(10-12-4-5-13-15(9-12)23-8-7-22-13)11-16-18-19-17(24-16)14-3-2-6-21-14/h2-6,9H,7-8,10-11H2,1H3. The molecule has 0 N–H and O–H groups in total. The van der Waals surface area contributed by atoms with Gasteiger partial charge in [-0.15, -0.1) is 10.2 Å². The van der Waals surface area contributed by atoms with E-state index in [0.717, 1.165) is 23.6 Å². The van der Waals surface area contributed by atoms with Crippen molar-refractivity contribution in [2.45, 2.75) is 13.1 Å². The quantitative estimate of drug-likeness (QED) is 0.713. The van der Waals surface area contributed by atoms with Gasteiger partial charge in [-0.05, 0) is 36.9 Å². The Morgan fingerprint density at radius 3 is 2.75 bits per heavy atom. The Labute approximate surface area is 138 Å². The molecule has 2 aromatic heterocycles. The summed E-state index contributed by atoms with van der Waals surface area (Å²) in [5.41, 5.74) is 1.13. The minimum atomic E-state index is 0.391. The van der Waals surface area contributed by atoms with Gasteiger partial charge in [0.15, 0.2) is 17.3 Å². The largest absolute Gasteiger partial charge is 0.486 e. The van der Waals surface area contributed by atoms with Crippen LogP contribution >= 0.6 is 0 Å². The molecule has 1 aromatic carbocycles. The van der Waals surface area contributed by atoms with E-state index in [2.05, 4.69) is 15.1 Å². The maximum Gasteiger partial charge on any atom is 0.283 e. The number of hydrogen-bond acceptors (Lipinski definition) is 7. The lowest BCUT2D eigenvalue weighted by molar-refractivity contribution is 0.171. The molecule has 0 saturated heterocycles. The van der Waals surface area contributed by atoms with Gasteiger partial charge in [0.1, 0.15) is 13.2 Å². The van der Waals surface area contributed by atoms with Crippen LogP contribution in [0.5, 0.6) is 11.5 Å². The zero-order valence-electron chi connectivity index (χ0n) is 13.3. The van der Waals surface area contributed by atoms with Gasteiger partial charge in [0.05, 0.1) is 12.8 Å². The average molecular weight is 327 g/mol. The zero-order chi connectivity index (χ0) is 16.4. The molecule has 0 aliphatic carbocycles. The minimum absolute atomic E-state index is 0.391. The Morgan fingerprint density at radius 1 is 1.04 bits per heavy atom. The number of aromatic nitrogens is 2. The molecule has 0 bridgehead atoms. The lowest BCUT2D eigenvalue weighted by atomic mass is 10.2. The van der Waals surface area contributed by atoms with Crippen LogP contribution in [0, 0.1) is 0 Å². The number of benzene rings is 1. The van der Waals surface area contributed by atoms with Crippen molar-refractivity contribution in [1.82, 2.24) is 15.1 Å². The molecule has 7 nitrogen and oxygen atoms in total. The minimum Gasteiger partial charge on any atom is -0.486 e. The number of fused-ring (bicyclic) bond motifs is 1. The molecule has 3 aromatic rings. The highest BCUT2D eigenvalue weighted by atomic mass is 16.6. The molecule has 124 valence electrons. The summed E-state index contributed by atoms with van der Waals surface area (Å²) in [5.74, 6) is 3.10. The summed E-state index contributed by atoms with van der Waals surface area (Å²) in [7, 11) is 1.99. The van der Waals surface area contributed by atoms with Crippen LogP contribution < -0.4 is 9.47 Å². The van der Waals surface area contributed by atoms with Crippen LogP contribution in [0.3, 0.4) is 0 Å². The molecule has 0 amide bonds. The number of furan rings is 1. The maximum absolute atomic E-state index is 5.62. The third kappa shape index (κ3) is 3.11. The first-order valence-electron chi connectivity index (χ1n) is 7.71. The van der Waals surface area contributed by atoms with Crippen molar-refractivity contribution in [2.24, 2.45) is 0 Å². The number of nitrogens with zero attached hydrogens (tertiary/aromatic N) is 3. The van der Waals surface area contributed by atoms with Crippen LogP contribution in [0.1, 0.15) is 11.5 Å². The molecule has 0 unspecified atom stereocenters. The third-order valence-corrected chi connectivity index (χ3v) is 3.66. The van der Waals surface area contributed by atoms with Crippen LogP contribution in [-0.4, -0.2) is 35.4 Å². The molecule has 0 radical (unpaired) electrons. The Hall–Kier alpha value is -2.80. The van der Waals surface area contributed by atoms with E-state index >= 15 is 0 Å². The van der Waals surface area contributed by atoms with Gasteiger partial charge in [0.25, 0.3) is 5.89 Å². The van der Waals surface area contributed by atoms with Gasteiger partial charge in [0.2, 0.25) is 5.89 Å². The first-order valence-corrected chi connectivity index (χ1v) is 7.71. The summed E-state index contributed by atoms with van der Waals surface area (Å²) in [6, 6.07) is 9.56. The van der Waals surface area contributed by atoms with E-state index in [1.807, 2.05) is 25.2 Å². The van der Waals surface area contributed by atoms with Crippen LogP contribution in [-0.2, 0) is 13.1 Å². The second kappa shape index (κ2) is 6.37. The highest BCUT2D eigenvalue weighted by Gasteiger charge is 2.15. The van der Waals surface area contributed by atoms with E-state index in [-0.39, 0.29) is 0 Å². The Morgan fingerprint density at radius 2 is 1.92 bits per heavy atom. The molecule has 0 saturated carbocycles. The fraction of sp³-hybridized carbons (Fsp3) is 0.294. The van der Waals surface area contributed by atoms with Gasteiger partial charge >= 0.3 is 0 Å². The van der Waals surface area contributed by atoms with E-state index in [9.17, 15) is 0 Å². The molecule has 1 aliphatic rings. The van der Waals surface area contributed by atoms with Gasteiger partial charge in [-0.2, -0.15) is 0 Å². The fourth-order valence-corrected chi connectivity index (χ4v) is 2.60. The number of ether oxygens (including phenoxy) is 2. The molecule has 0 fully saturated rings.